The van der Waals surface area contributed by atoms with Gasteiger partial charge in [0.2, 0.25) is 0 Å². The van der Waals surface area contributed by atoms with E-state index in [-0.39, 0.29) is 6.10 Å². The number of hydrogen-bond acceptors (Lipinski definition) is 3. The average molecular weight is 343 g/mol. The van der Waals surface area contributed by atoms with Crippen molar-refractivity contribution in [2.45, 2.75) is 32.8 Å². The molecule has 1 N–H and O–H groups in total. The van der Waals surface area contributed by atoms with Crippen LogP contribution in [-0.2, 0) is 4.79 Å². The standard InChI is InChI=1S/C15H19BrO4/c1-4-5-10(2)20-15-12(16)8-11(6-7-14(17)18)9-13(15)19-3/h6-10H,4-5H2,1-3H3,(H,17,18)/b7-6+. The van der Waals surface area contributed by atoms with Gasteiger partial charge in [-0.15, -0.1) is 0 Å². The summed E-state index contributed by atoms with van der Waals surface area (Å²) in [6, 6.07) is 3.55. The third-order valence-corrected chi connectivity index (χ3v) is 3.27. The first-order valence-corrected chi connectivity index (χ1v) is 7.22. The second-order valence-electron chi connectivity index (χ2n) is 4.42. The molecule has 4 nitrogen and oxygen atoms in total. The number of halogens is 1. The average Bonchev–Trinajstić information content (AvgIpc) is 2.39. The van der Waals surface area contributed by atoms with Crippen LogP contribution in [0.3, 0.4) is 0 Å². The fourth-order valence-corrected chi connectivity index (χ4v) is 2.34. The summed E-state index contributed by atoms with van der Waals surface area (Å²) in [7, 11) is 1.56. The minimum absolute atomic E-state index is 0.0885. The van der Waals surface area contributed by atoms with Gasteiger partial charge in [-0.05, 0) is 53.0 Å². The summed E-state index contributed by atoms with van der Waals surface area (Å²) in [4.78, 5) is 10.5. The molecule has 0 radical (unpaired) electrons. The molecular formula is C15H19BrO4. The van der Waals surface area contributed by atoms with E-state index in [1.807, 2.05) is 6.92 Å². The number of ether oxygens (including phenoxy) is 2. The topological polar surface area (TPSA) is 55.8 Å². The maximum Gasteiger partial charge on any atom is 0.328 e. The lowest BCUT2D eigenvalue weighted by Gasteiger charge is -2.18. The molecule has 0 saturated carbocycles. The summed E-state index contributed by atoms with van der Waals surface area (Å²) in [6.45, 7) is 4.11. The van der Waals surface area contributed by atoms with Crippen LogP contribution in [0.1, 0.15) is 32.3 Å². The fourth-order valence-electron chi connectivity index (χ4n) is 1.78. The number of carboxylic acid groups (broad SMARTS) is 1. The van der Waals surface area contributed by atoms with Gasteiger partial charge in [-0.1, -0.05) is 13.3 Å². The minimum Gasteiger partial charge on any atom is -0.493 e. The fraction of sp³-hybridized carbons (Fsp3) is 0.400. The molecule has 0 spiro atoms. The van der Waals surface area contributed by atoms with Crippen molar-refractivity contribution in [2.24, 2.45) is 0 Å². The quantitative estimate of drug-likeness (QED) is 0.757. The molecular weight excluding hydrogens is 324 g/mol. The van der Waals surface area contributed by atoms with Crippen molar-refractivity contribution in [3.05, 3.63) is 28.2 Å². The van der Waals surface area contributed by atoms with Crippen molar-refractivity contribution in [2.75, 3.05) is 7.11 Å². The predicted molar refractivity (Wildman–Crippen MR) is 82.4 cm³/mol. The van der Waals surface area contributed by atoms with E-state index < -0.39 is 5.97 Å². The van der Waals surface area contributed by atoms with Gasteiger partial charge in [-0.3, -0.25) is 0 Å². The van der Waals surface area contributed by atoms with Gasteiger partial charge < -0.3 is 14.6 Å². The zero-order chi connectivity index (χ0) is 15.1. The highest BCUT2D eigenvalue weighted by molar-refractivity contribution is 9.10. The van der Waals surface area contributed by atoms with E-state index in [2.05, 4.69) is 22.9 Å². The van der Waals surface area contributed by atoms with E-state index in [0.29, 0.717) is 11.5 Å². The zero-order valence-corrected chi connectivity index (χ0v) is 13.4. The highest BCUT2D eigenvalue weighted by Crippen LogP contribution is 2.38. The summed E-state index contributed by atoms with van der Waals surface area (Å²) in [5, 5.41) is 8.65. The largest absolute Gasteiger partial charge is 0.493 e. The molecule has 0 aliphatic heterocycles. The van der Waals surface area contributed by atoms with Crippen LogP contribution >= 0.6 is 15.9 Å². The number of carboxylic acids is 1. The SMILES string of the molecule is CCCC(C)Oc1c(Br)cc(/C=C/C(=O)O)cc1OC. The molecule has 0 aliphatic rings. The lowest BCUT2D eigenvalue weighted by Crippen LogP contribution is -2.12. The smallest absolute Gasteiger partial charge is 0.328 e. The number of carbonyl (C=O) groups is 1. The Morgan fingerprint density at radius 3 is 2.75 bits per heavy atom. The highest BCUT2D eigenvalue weighted by atomic mass is 79.9. The Hall–Kier alpha value is -1.49. The van der Waals surface area contributed by atoms with E-state index in [1.54, 1.807) is 19.2 Å². The molecule has 0 fully saturated rings. The van der Waals surface area contributed by atoms with Crippen molar-refractivity contribution in [3.8, 4) is 11.5 Å². The van der Waals surface area contributed by atoms with Crippen LogP contribution in [0.25, 0.3) is 6.08 Å². The Balaban J connectivity index is 3.04. The van der Waals surface area contributed by atoms with Crippen molar-refractivity contribution in [1.29, 1.82) is 0 Å². The number of benzene rings is 1. The minimum atomic E-state index is -0.989. The van der Waals surface area contributed by atoms with Gasteiger partial charge in [-0.2, -0.15) is 0 Å². The lowest BCUT2D eigenvalue weighted by atomic mass is 10.1. The first-order chi connectivity index (χ1) is 9.47. The number of aliphatic carboxylic acids is 1. The Morgan fingerprint density at radius 1 is 1.50 bits per heavy atom. The Labute approximate surface area is 127 Å². The molecule has 5 heteroatoms. The molecule has 0 bridgehead atoms. The lowest BCUT2D eigenvalue weighted by molar-refractivity contribution is -0.131. The molecule has 0 aliphatic carbocycles. The van der Waals surface area contributed by atoms with Gasteiger partial charge in [0.25, 0.3) is 0 Å². The van der Waals surface area contributed by atoms with Gasteiger partial charge in [0.15, 0.2) is 11.5 Å². The van der Waals surface area contributed by atoms with E-state index in [0.717, 1.165) is 29.0 Å². The van der Waals surface area contributed by atoms with E-state index in [1.165, 1.54) is 6.08 Å². The highest BCUT2D eigenvalue weighted by Gasteiger charge is 2.13. The summed E-state index contributed by atoms with van der Waals surface area (Å²) in [6.07, 6.45) is 4.68. The van der Waals surface area contributed by atoms with Crippen molar-refractivity contribution in [3.63, 3.8) is 0 Å². The van der Waals surface area contributed by atoms with Gasteiger partial charge in [0.1, 0.15) is 0 Å². The van der Waals surface area contributed by atoms with Crippen molar-refractivity contribution >= 4 is 28.0 Å². The molecule has 1 aromatic rings. The van der Waals surface area contributed by atoms with Crippen molar-refractivity contribution in [1.82, 2.24) is 0 Å². The predicted octanol–water partition coefficient (Wildman–Crippen LogP) is 4.12. The van der Waals surface area contributed by atoms with E-state index in [9.17, 15) is 4.79 Å². The summed E-state index contributed by atoms with van der Waals surface area (Å²) < 4.78 is 11.9. The molecule has 1 unspecified atom stereocenters. The summed E-state index contributed by atoms with van der Waals surface area (Å²) >= 11 is 3.44. The first-order valence-electron chi connectivity index (χ1n) is 6.43. The van der Waals surface area contributed by atoms with Crippen LogP contribution < -0.4 is 9.47 Å². The first kappa shape index (κ1) is 16.6. The van der Waals surface area contributed by atoms with Gasteiger partial charge >= 0.3 is 5.97 Å². The van der Waals surface area contributed by atoms with Crippen molar-refractivity contribution < 1.29 is 19.4 Å². The van der Waals surface area contributed by atoms with Crippen LogP contribution in [0.15, 0.2) is 22.7 Å². The van der Waals surface area contributed by atoms with Gasteiger partial charge in [0, 0.05) is 6.08 Å². The number of rotatable bonds is 7. The van der Waals surface area contributed by atoms with Crippen LogP contribution in [-0.4, -0.2) is 24.3 Å². The van der Waals surface area contributed by atoms with Crippen LogP contribution in [0.2, 0.25) is 0 Å². The maximum atomic E-state index is 10.5. The Morgan fingerprint density at radius 2 is 2.20 bits per heavy atom. The molecule has 0 saturated heterocycles. The van der Waals surface area contributed by atoms with Crippen LogP contribution in [0, 0.1) is 0 Å². The molecule has 0 aromatic heterocycles. The molecule has 0 heterocycles. The zero-order valence-electron chi connectivity index (χ0n) is 11.9. The Bertz CT molecular complexity index is 497. The molecule has 110 valence electrons. The van der Waals surface area contributed by atoms with Gasteiger partial charge in [0.05, 0.1) is 17.7 Å². The van der Waals surface area contributed by atoms with Crippen LogP contribution in [0.5, 0.6) is 11.5 Å². The molecule has 1 rings (SSSR count). The Kier molecular flexibility index (Phi) is 6.58. The van der Waals surface area contributed by atoms with Gasteiger partial charge in [-0.25, -0.2) is 4.79 Å². The third-order valence-electron chi connectivity index (χ3n) is 2.68. The number of hydrogen-bond donors (Lipinski definition) is 1. The monoisotopic (exact) mass is 342 g/mol. The van der Waals surface area contributed by atoms with E-state index >= 15 is 0 Å². The maximum absolute atomic E-state index is 10.5. The molecule has 20 heavy (non-hydrogen) atoms. The molecule has 1 atom stereocenters. The summed E-state index contributed by atoms with van der Waals surface area (Å²) in [5.41, 5.74) is 0.728. The van der Waals surface area contributed by atoms with E-state index in [4.69, 9.17) is 14.6 Å². The normalized spacial score (nSPS) is 12.4. The summed E-state index contributed by atoms with van der Waals surface area (Å²) in [5.74, 6) is 0.227. The van der Waals surface area contributed by atoms with Crippen LogP contribution in [0.4, 0.5) is 0 Å². The third kappa shape index (κ3) is 4.89. The second-order valence-corrected chi connectivity index (χ2v) is 5.28. The second kappa shape index (κ2) is 7.94. The molecule has 0 amide bonds. The molecule has 1 aromatic carbocycles. The number of methoxy groups -OCH3 is 1.